The highest BCUT2D eigenvalue weighted by Gasteiger charge is 2.36. The van der Waals surface area contributed by atoms with Crippen LogP contribution in [0.5, 0.6) is 5.88 Å². The van der Waals surface area contributed by atoms with Crippen LogP contribution in [-0.2, 0) is 34.0 Å². The van der Waals surface area contributed by atoms with Gasteiger partial charge in [-0.05, 0) is 49.7 Å². The van der Waals surface area contributed by atoms with Crippen molar-refractivity contribution < 1.29 is 28.1 Å². The summed E-state index contributed by atoms with van der Waals surface area (Å²) in [6.45, 7) is 6.96. The van der Waals surface area contributed by atoms with Crippen molar-refractivity contribution in [3.63, 3.8) is 0 Å². The van der Waals surface area contributed by atoms with E-state index in [1.807, 2.05) is 18.2 Å². The van der Waals surface area contributed by atoms with Crippen molar-refractivity contribution in [1.29, 1.82) is 0 Å². The second-order valence-corrected chi connectivity index (χ2v) is 12.2. The molecular weight excluding hydrogens is 601 g/mol. The highest BCUT2D eigenvalue weighted by Crippen LogP contribution is 2.33. The molecule has 4 aromatic rings. The Labute approximate surface area is 265 Å². The molecule has 0 unspecified atom stereocenters. The molecule has 45 heavy (non-hydrogen) atoms. The number of piperazine rings is 1. The van der Waals surface area contributed by atoms with E-state index < -0.39 is 5.82 Å². The summed E-state index contributed by atoms with van der Waals surface area (Å²) >= 11 is 5.89. The van der Waals surface area contributed by atoms with Crippen LogP contribution in [0.2, 0.25) is 5.02 Å². The Bertz CT molecular complexity index is 1730. The van der Waals surface area contributed by atoms with Gasteiger partial charge in [0.25, 0.3) is 0 Å². The highest BCUT2D eigenvalue weighted by molar-refractivity contribution is 6.30. The second-order valence-electron chi connectivity index (χ2n) is 11.7. The van der Waals surface area contributed by atoms with Gasteiger partial charge in [0.2, 0.25) is 5.88 Å². The highest BCUT2D eigenvalue weighted by atomic mass is 35.5. The van der Waals surface area contributed by atoms with E-state index in [-0.39, 0.29) is 30.8 Å². The fourth-order valence-corrected chi connectivity index (χ4v) is 6.50. The summed E-state index contributed by atoms with van der Waals surface area (Å²) in [6.07, 6.45) is 1.12. The van der Waals surface area contributed by atoms with Crippen molar-refractivity contribution in [2.45, 2.75) is 51.3 Å². The zero-order valence-corrected chi connectivity index (χ0v) is 26.0. The predicted molar refractivity (Wildman–Crippen MR) is 166 cm³/mol. The number of nitrogens with zero attached hydrogens (tertiary/aromatic N) is 5. The number of fused-ring (bicyclic) bond motifs is 4. The van der Waals surface area contributed by atoms with Gasteiger partial charge in [-0.1, -0.05) is 17.7 Å². The molecule has 12 heteroatoms. The average molecular weight is 636 g/mol. The molecule has 0 aliphatic carbocycles. The molecule has 3 atom stereocenters. The van der Waals surface area contributed by atoms with Gasteiger partial charge in [-0.25, -0.2) is 14.2 Å². The summed E-state index contributed by atoms with van der Waals surface area (Å²) in [7, 11) is 1.39. The van der Waals surface area contributed by atoms with Gasteiger partial charge in [-0.2, -0.15) is 4.98 Å². The lowest BCUT2D eigenvalue weighted by molar-refractivity contribution is -0.0594. The van der Waals surface area contributed by atoms with Gasteiger partial charge in [-0.3, -0.25) is 4.90 Å². The number of methoxy groups -OCH3 is 1. The van der Waals surface area contributed by atoms with E-state index >= 15 is 0 Å². The molecule has 10 nitrogen and oxygen atoms in total. The van der Waals surface area contributed by atoms with E-state index in [1.54, 1.807) is 24.3 Å². The second kappa shape index (κ2) is 12.6. The largest absolute Gasteiger partial charge is 0.473 e. The normalized spacial score (nSPS) is 20.6. The molecule has 7 rings (SSSR count). The molecule has 0 spiro atoms. The summed E-state index contributed by atoms with van der Waals surface area (Å²) in [5.41, 5.74) is 3.64. The number of hydrogen-bond donors (Lipinski definition) is 0. The summed E-state index contributed by atoms with van der Waals surface area (Å²) in [5.74, 6) is 1.42. The summed E-state index contributed by atoms with van der Waals surface area (Å²) in [6, 6.07) is 13.9. The number of esters is 1. The molecule has 0 amide bonds. The van der Waals surface area contributed by atoms with Gasteiger partial charge in [0, 0.05) is 48.5 Å². The van der Waals surface area contributed by atoms with E-state index in [4.69, 9.17) is 40.5 Å². The van der Waals surface area contributed by atoms with Crippen molar-refractivity contribution >= 4 is 34.4 Å². The Morgan fingerprint density at radius 3 is 2.80 bits per heavy atom. The van der Waals surface area contributed by atoms with Crippen molar-refractivity contribution in [3.05, 3.63) is 81.9 Å². The van der Waals surface area contributed by atoms with E-state index in [0.29, 0.717) is 41.8 Å². The standard InChI is InChI=1S/C33H35ClFN5O5/c1-20(31-36-28-7-4-21(33(41)42-2)13-29(28)40(31)16-26-9-12-44-26)38-10-11-39-25(15-38)19-43-17-23-5-8-30(37-32(23)39)45-18-22-3-6-24(34)14-27(22)35/h3-8,13-14,20,25-26H,9-12,15-19H2,1-2H3/t20-,25+,26-/m0/s1. The average Bonchev–Trinajstić information content (AvgIpc) is 3.28. The lowest BCUT2D eigenvalue weighted by Crippen LogP contribution is -2.55. The first-order valence-corrected chi connectivity index (χ1v) is 15.6. The van der Waals surface area contributed by atoms with Crippen LogP contribution in [0, 0.1) is 5.82 Å². The Kier molecular flexibility index (Phi) is 8.34. The topological polar surface area (TPSA) is 91.2 Å². The fourth-order valence-electron chi connectivity index (χ4n) is 6.34. The van der Waals surface area contributed by atoms with E-state index in [0.717, 1.165) is 60.9 Å². The van der Waals surface area contributed by atoms with Crippen molar-refractivity contribution in [2.75, 3.05) is 44.9 Å². The van der Waals surface area contributed by atoms with Gasteiger partial charge in [0.05, 0.1) is 61.7 Å². The van der Waals surface area contributed by atoms with Gasteiger partial charge in [0.1, 0.15) is 24.1 Å². The van der Waals surface area contributed by atoms with Crippen molar-refractivity contribution in [2.24, 2.45) is 0 Å². The third kappa shape index (κ3) is 5.97. The molecular formula is C33H35ClFN5O5. The lowest BCUT2D eigenvalue weighted by Gasteiger charge is -2.43. The summed E-state index contributed by atoms with van der Waals surface area (Å²) < 4.78 is 39.3. The zero-order valence-electron chi connectivity index (χ0n) is 25.2. The van der Waals surface area contributed by atoms with Crippen LogP contribution in [0.15, 0.2) is 48.5 Å². The molecule has 2 saturated heterocycles. The third-order valence-corrected chi connectivity index (χ3v) is 9.21. The number of carbonyl (C=O) groups is 1. The third-order valence-electron chi connectivity index (χ3n) is 8.97. The molecule has 2 aromatic carbocycles. The van der Waals surface area contributed by atoms with Crippen molar-refractivity contribution in [3.8, 4) is 5.88 Å². The van der Waals surface area contributed by atoms with Crippen LogP contribution in [-0.4, -0.2) is 77.5 Å². The first kappa shape index (κ1) is 29.9. The molecule has 2 fully saturated rings. The number of anilines is 1. The number of benzene rings is 2. The van der Waals surface area contributed by atoms with Gasteiger partial charge >= 0.3 is 5.97 Å². The Hall–Kier alpha value is -3.77. The maximum Gasteiger partial charge on any atom is 0.337 e. The maximum absolute atomic E-state index is 14.3. The molecule has 2 aromatic heterocycles. The fraction of sp³-hybridized carbons (Fsp3) is 0.424. The van der Waals surface area contributed by atoms with Crippen LogP contribution in [0.4, 0.5) is 10.2 Å². The van der Waals surface area contributed by atoms with Crippen molar-refractivity contribution in [1.82, 2.24) is 19.4 Å². The number of halogens is 2. The van der Waals surface area contributed by atoms with Crippen LogP contribution >= 0.6 is 11.6 Å². The minimum atomic E-state index is -0.409. The maximum atomic E-state index is 14.3. The van der Waals surface area contributed by atoms with E-state index in [1.165, 1.54) is 13.2 Å². The van der Waals surface area contributed by atoms with Gasteiger partial charge in [0.15, 0.2) is 0 Å². The van der Waals surface area contributed by atoms with Gasteiger partial charge < -0.3 is 28.4 Å². The molecule has 0 bridgehead atoms. The Morgan fingerprint density at radius 1 is 1.16 bits per heavy atom. The van der Waals surface area contributed by atoms with Crippen LogP contribution in [0.1, 0.15) is 46.7 Å². The number of hydrogen-bond acceptors (Lipinski definition) is 9. The first-order valence-electron chi connectivity index (χ1n) is 15.2. The molecule has 3 aliphatic heterocycles. The molecule has 5 heterocycles. The summed E-state index contributed by atoms with van der Waals surface area (Å²) in [5, 5.41) is 0.344. The lowest BCUT2D eigenvalue weighted by atomic mass is 10.1. The number of ether oxygens (including phenoxy) is 4. The monoisotopic (exact) mass is 635 g/mol. The molecule has 0 radical (unpaired) electrons. The molecule has 3 aliphatic rings. The minimum absolute atomic E-state index is 0.000765. The van der Waals surface area contributed by atoms with Crippen LogP contribution in [0.25, 0.3) is 11.0 Å². The SMILES string of the molecule is COC(=O)c1ccc2nc([C@H](C)N3CCN4c5nc(OCc6ccc(Cl)cc6F)ccc5COC[C@H]4C3)n(C[C@@H]3CCO3)c2c1. The predicted octanol–water partition coefficient (Wildman–Crippen LogP) is 5.16. The van der Waals surface area contributed by atoms with E-state index in [9.17, 15) is 9.18 Å². The number of rotatable bonds is 8. The molecule has 236 valence electrons. The number of carbonyl (C=O) groups excluding carboxylic acids is 1. The summed E-state index contributed by atoms with van der Waals surface area (Å²) in [4.78, 5) is 27.0. The number of aromatic nitrogens is 3. The Morgan fingerprint density at radius 2 is 2.02 bits per heavy atom. The number of imidazole rings is 1. The number of pyridine rings is 1. The zero-order chi connectivity index (χ0) is 31.1. The van der Waals surface area contributed by atoms with E-state index in [2.05, 4.69) is 21.3 Å². The minimum Gasteiger partial charge on any atom is -0.473 e. The molecule has 0 saturated carbocycles. The van der Waals surface area contributed by atoms with Gasteiger partial charge in [-0.15, -0.1) is 0 Å². The molecule has 0 N–H and O–H groups in total. The quantitative estimate of drug-likeness (QED) is 0.244. The smallest absolute Gasteiger partial charge is 0.337 e. The van der Waals surface area contributed by atoms with Crippen LogP contribution in [0.3, 0.4) is 0 Å². The Balaban J connectivity index is 1.11. The van der Waals surface area contributed by atoms with Crippen LogP contribution < -0.4 is 9.64 Å². The first-order chi connectivity index (χ1) is 21.9.